The molecule has 0 unspecified atom stereocenters. The number of hydrogen-bond acceptors (Lipinski definition) is 1. The van der Waals surface area contributed by atoms with Crippen molar-refractivity contribution in [3.8, 4) is 11.8 Å². The molecule has 0 radical (unpaired) electrons. The van der Waals surface area contributed by atoms with E-state index in [9.17, 15) is 5.26 Å². The van der Waals surface area contributed by atoms with Crippen molar-refractivity contribution >= 4 is 44.9 Å². The minimum atomic E-state index is 0.179. The Labute approximate surface area is 168 Å². The fourth-order valence-corrected chi connectivity index (χ4v) is 5.56. The van der Waals surface area contributed by atoms with Crippen molar-refractivity contribution in [1.82, 2.24) is 4.57 Å². The van der Waals surface area contributed by atoms with Crippen LogP contribution in [0.2, 0.25) is 0 Å². The minimum Gasteiger partial charge on any atom is -0.310 e. The summed E-state index contributed by atoms with van der Waals surface area (Å²) in [5.41, 5.74) is 11.3. The van der Waals surface area contributed by atoms with Gasteiger partial charge < -0.3 is 4.57 Å². The summed E-state index contributed by atoms with van der Waals surface area (Å²) in [5.74, 6) is 0. The van der Waals surface area contributed by atoms with E-state index in [0.717, 1.165) is 12.0 Å². The molecule has 1 aromatic heterocycles. The van der Waals surface area contributed by atoms with Gasteiger partial charge in [0.1, 0.15) is 0 Å². The topological polar surface area (TPSA) is 28.7 Å². The maximum Gasteiger partial charge on any atom is 0.247 e. The van der Waals surface area contributed by atoms with E-state index in [0.29, 0.717) is 0 Å². The van der Waals surface area contributed by atoms with Gasteiger partial charge in [0, 0.05) is 22.0 Å². The first-order chi connectivity index (χ1) is 14.3. The zero-order chi connectivity index (χ0) is 19.1. The van der Waals surface area contributed by atoms with Gasteiger partial charge in [-0.05, 0) is 52.7 Å². The second kappa shape index (κ2) is 5.18. The van der Waals surface area contributed by atoms with E-state index in [1.165, 1.54) is 55.0 Å². The second-order valence-electron chi connectivity index (χ2n) is 8.08. The number of aromatic nitrogens is 1. The van der Waals surface area contributed by atoms with Gasteiger partial charge in [-0.25, -0.2) is 0 Å². The van der Waals surface area contributed by atoms with Gasteiger partial charge in [-0.3, -0.25) is 0 Å². The third-order valence-corrected chi connectivity index (χ3v) is 6.71. The Morgan fingerprint density at radius 3 is 2.55 bits per heavy atom. The van der Waals surface area contributed by atoms with Crippen molar-refractivity contribution in [3.05, 3.63) is 95.6 Å². The number of hydrogen-bond donors (Lipinski definition) is 0. The van der Waals surface area contributed by atoms with Gasteiger partial charge in [-0.2, -0.15) is 5.26 Å². The van der Waals surface area contributed by atoms with Crippen molar-refractivity contribution in [2.24, 2.45) is 0 Å². The summed E-state index contributed by atoms with van der Waals surface area (Å²) < 4.78 is 2.45. The Bertz CT molecular complexity index is 1550. The number of rotatable bonds is 0. The maximum atomic E-state index is 9.51. The quantitative estimate of drug-likeness (QED) is 0.378. The van der Waals surface area contributed by atoms with E-state index in [-0.39, 0.29) is 6.71 Å². The summed E-state index contributed by atoms with van der Waals surface area (Å²) in [5, 5.41) is 12.1. The molecule has 0 fully saturated rings. The summed E-state index contributed by atoms with van der Waals surface area (Å²) in [7, 11) is 0. The molecule has 29 heavy (non-hydrogen) atoms. The average Bonchev–Trinajstić information content (AvgIpc) is 3.12. The fourth-order valence-electron chi connectivity index (χ4n) is 5.56. The van der Waals surface area contributed by atoms with E-state index < -0.39 is 0 Å². The van der Waals surface area contributed by atoms with Crippen LogP contribution < -0.4 is 16.4 Å². The molecular formula is C26H15BN2. The first kappa shape index (κ1) is 15.2. The largest absolute Gasteiger partial charge is 0.310 e. The first-order valence-electron chi connectivity index (χ1n) is 10.0. The Balaban J connectivity index is 1.73. The molecule has 4 aromatic carbocycles. The molecule has 132 valence electrons. The molecule has 2 aliphatic heterocycles. The molecular weight excluding hydrogens is 351 g/mol. The van der Waals surface area contributed by atoms with E-state index in [1.807, 2.05) is 6.07 Å². The van der Waals surface area contributed by atoms with E-state index in [2.05, 4.69) is 83.4 Å². The number of nitrogens with zero attached hydrogens (tertiary/aromatic N) is 2. The molecule has 0 atom stereocenters. The fraction of sp³-hybridized carbons (Fsp3) is 0.0385. The molecule has 7 rings (SSSR count). The zero-order valence-electron chi connectivity index (χ0n) is 15.7. The van der Waals surface area contributed by atoms with Crippen LogP contribution in [0, 0.1) is 11.3 Å². The highest BCUT2D eigenvalue weighted by Crippen LogP contribution is 2.35. The Hall–Kier alpha value is -3.77. The zero-order valence-corrected chi connectivity index (χ0v) is 15.7. The van der Waals surface area contributed by atoms with Crippen molar-refractivity contribution < 1.29 is 0 Å². The van der Waals surface area contributed by atoms with Crippen LogP contribution in [0.25, 0.3) is 27.5 Å². The van der Waals surface area contributed by atoms with Crippen LogP contribution in [0.15, 0.2) is 78.9 Å². The van der Waals surface area contributed by atoms with Crippen LogP contribution in [-0.4, -0.2) is 11.3 Å². The van der Waals surface area contributed by atoms with Crippen LogP contribution in [0.5, 0.6) is 0 Å². The Morgan fingerprint density at radius 1 is 0.793 bits per heavy atom. The highest BCUT2D eigenvalue weighted by Gasteiger charge is 2.38. The van der Waals surface area contributed by atoms with Gasteiger partial charge in [-0.15, -0.1) is 0 Å². The lowest BCUT2D eigenvalue weighted by molar-refractivity contribution is 1.16. The normalized spacial score (nSPS) is 13.3. The lowest BCUT2D eigenvalue weighted by atomic mass is 9.32. The van der Waals surface area contributed by atoms with Crippen molar-refractivity contribution in [2.75, 3.05) is 0 Å². The van der Waals surface area contributed by atoms with Gasteiger partial charge in [0.15, 0.2) is 0 Å². The SMILES string of the molecule is N#Cc1ccc2c(c1)B1c3ccccc3-n3c4ccccc4c4ccc(c1c43)C2. The molecule has 0 amide bonds. The molecule has 2 aliphatic rings. The van der Waals surface area contributed by atoms with Crippen LogP contribution in [0.4, 0.5) is 0 Å². The molecule has 0 N–H and O–H groups in total. The second-order valence-corrected chi connectivity index (χ2v) is 8.08. The summed E-state index contributed by atoms with van der Waals surface area (Å²) >= 11 is 0. The van der Waals surface area contributed by atoms with E-state index in [4.69, 9.17) is 0 Å². The molecule has 0 saturated heterocycles. The van der Waals surface area contributed by atoms with Crippen molar-refractivity contribution in [1.29, 1.82) is 5.26 Å². The highest BCUT2D eigenvalue weighted by molar-refractivity contribution is 6.98. The highest BCUT2D eigenvalue weighted by atomic mass is 15.0. The average molecular weight is 366 g/mol. The van der Waals surface area contributed by atoms with Crippen LogP contribution >= 0.6 is 0 Å². The molecule has 3 heterocycles. The number of fused-ring (bicyclic) bond motifs is 8. The molecule has 0 saturated carbocycles. The van der Waals surface area contributed by atoms with Crippen molar-refractivity contribution in [2.45, 2.75) is 6.42 Å². The summed E-state index contributed by atoms with van der Waals surface area (Å²) in [4.78, 5) is 0. The Kier molecular flexibility index (Phi) is 2.72. The minimum absolute atomic E-state index is 0.179. The summed E-state index contributed by atoms with van der Waals surface area (Å²) in [6.45, 7) is 0.179. The predicted molar refractivity (Wildman–Crippen MR) is 119 cm³/mol. The number of para-hydroxylation sites is 2. The van der Waals surface area contributed by atoms with Gasteiger partial charge in [0.2, 0.25) is 6.71 Å². The molecule has 0 bridgehead atoms. The molecule has 0 aliphatic carbocycles. The van der Waals surface area contributed by atoms with Gasteiger partial charge >= 0.3 is 0 Å². The van der Waals surface area contributed by atoms with Crippen LogP contribution in [0.1, 0.15) is 16.7 Å². The van der Waals surface area contributed by atoms with E-state index in [1.54, 1.807) is 0 Å². The maximum absolute atomic E-state index is 9.51. The molecule has 5 aromatic rings. The lowest BCUT2D eigenvalue weighted by Crippen LogP contribution is -2.60. The monoisotopic (exact) mass is 366 g/mol. The third-order valence-electron chi connectivity index (χ3n) is 6.71. The van der Waals surface area contributed by atoms with Crippen LogP contribution in [-0.2, 0) is 6.42 Å². The van der Waals surface area contributed by atoms with Gasteiger partial charge in [-0.1, -0.05) is 60.1 Å². The van der Waals surface area contributed by atoms with Gasteiger partial charge in [0.05, 0.1) is 17.1 Å². The first-order valence-corrected chi connectivity index (χ1v) is 10.0. The lowest BCUT2D eigenvalue weighted by Gasteiger charge is -2.33. The standard InChI is InChI=1S/C26H15BN2/c28-15-16-9-10-17-14-18-11-12-20-19-5-1-3-7-23(19)29-24-8-4-2-6-21(24)27(22(17)13-16)25(18)26(20)29/h1-13H,14H2. The smallest absolute Gasteiger partial charge is 0.247 e. The molecule has 2 nitrogen and oxygen atoms in total. The summed E-state index contributed by atoms with van der Waals surface area (Å²) in [6, 6.07) is 30.6. The van der Waals surface area contributed by atoms with Gasteiger partial charge in [0.25, 0.3) is 0 Å². The molecule has 0 spiro atoms. The van der Waals surface area contributed by atoms with Crippen LogP contribution in [0.3, 0.4) is 0 Å². The predicted octanol–water partition coefficient (Wildman–Crippen LogP) is 3.39. The third kappa shape index (κ3) is 1.77. The number of benzene rings is 4. The summed E-state index contributed by atoms with van der Waals surface area (Å²) in [6.07, 6.45) is 0.923. The Morgan fingerprint density at radius 2 is 1.62 bits per heavy atom. The molecule has 3 heteroatoms. The number of nitriles is 1. The van der Waals surface area contributed by atoms with Crippen molar-refractivity contribution in [3.63, 3.8) is 0 Å². The van der Waals surface area contributed by atoms with E-state index >= 15 is 0 Å².